The zero-order chi connectivity index (χ0) is 26.4. The van der Waals surface area contributed by atoms with Gasteiger partial charge in [0.15, 0.2) is 0 Å². The Morgan fingerprint density at radius 2 is 0.538 bits per heavy atom. The van der Waals surface area contributed by atoms with Gasteiger partial charge in [-0.1, -0.05) is 121 Å². The van der Waals surface area contributed by atoms with Gasteiger partial charge in [-0.25, -0.2) is 0 Å². The molecule has 6 rings (SSSR count). The molecule has 0 aliphatic heterocycles. The summed E-state index contributed by atoms with van der Waals surface area (Å²) in [6.07, 6.45) is 7.59. The van der Waals surface area contributed by atoms with Crippen molar-refractivity contribution in [2.24, 2.45) is 0 Å². The summed E-state index contributed by atoms with van der Waals surface area (Å²) in [5.74, 6) is 0. The number of pyridine rings is 2. The minimum atomic E-state index is -0.569. The lowest BCUT2D eigenvalue weighted by molar-refractivity contribution is 0.828. The van der Waals surface area contributed by atoms with Crippen molar-refractivity contribution < 1.29 is 0 Å². The maximum Gasteiger partial charge on any atom is 0.0923 e. The zero-order valence-electron chi connectivity index (χ0n) is 21.5. The molecule has 0 bridgehead atoms. The van der Waals surface area contributed by atoms with Gasteiger partial charge in [-0.15, -0.1) is 11.8 Å². The molecule has 0 amide bonds. The van der Waals surface area contributed by atoms with Crippen LogP contribution in [0.3, 0.4) is 0 Å². The molecule has 6 aromatic rings. The summed E-state index contributed by atoms with van der Waals surface area (Å²) in [5.41, 5.74) is 7.17. The fourth-order valence-electron chi connectivity index (χ4n) is 5.45. The van der Waals surface area contributed by atoms with E-state index in [-0.39, 0.29) is 0 Å². The lowest BCUT2D eigenvalue weighted by atomic mass is 9.83. The molecule has 0 radical (unpaired) electrons. The average molecular weight is 521 g/mol. The molecule has 188 valence electrons. The first-order valence-electron chi connectivity index (χ1n) is 13.1. The Balaban J connectivity index is 1.76. The van der Waals surface area contributed by atoms with E-state index in [1.165, 1.54) is 33.4 Å². The largest absolute Gasteiger partial charge is 0.265 e. The molecule has 0 atom stereocenters. The minimum Gasteiger partial charge on any atom is -0.265 e. The highest BCUT2D eigenvalue weighted by molar-refractivity contribution is 8.02. The number of thioether (sulfide) groups is 1. The van der Waals surface area contributed by atoms with E-state index in [4.69, 9.17) is 0 Å². The lowest BCUT2D eigenvalue weighted by Crippen LogP contribution is -2.36. The third kappa shape index (κ3) is 4.56. The molecule has 0 saturated carbocycles. The fourth-order valence-corrected chi connectivity index (χ4v) is 7.43. The van der Waals surface area contributed by atoms with Crippen LogP contribution in [0.5, 0.6) is 0 Å². The third-order valence-electron chi connectivity index (χ3n) is 7.20. The van der Waals surface area contributed by atoms with Gasteiger partial charge in [-0.3, -0.25) is 9.97 Å². The molecule has 0 unspecified atom stereocenters. The molecule has 4 aromatic carbocycles. The van der Waals surface area contributed by atoms with Crippen LogP contribution in [0.2, 0.25) is 0 Å². The molecule has 0 fully saturated rings. The van der Waals surface area contributed by atoms with Gasteiger partial charge in [0.25, 0.3) is 0 Å². The predicted octanol–water partition coefficient (Wildman–Crippen LogP) is 8.49. The van der Waals surface area contributed by atoms with Crippen molar-refractivity contribution in [1.82, 2.24) is 9.97 Å². The summed E-state index contributed by atoms with van der Waals surface area (Å²) in [6, 6.07) is 52.0. The summed E-state index contributed by atoms with van der Waals surface area (Å²) in [7, 11) is 0. The van der Waals surface area contributed by atoms with Crippen LogP contribution < -0.4 is 0 Å². The van der Waals surface area contributed by atoms with Crippen LogP contribution in [-0.2, 0) is 9.49 Å². The van der Waals surface area contributed by atoms with Crippen molar-refractivity contribution in [3.63, 3.8) is 0 Å². The molecular weight excluding hydrogens is 492 g/mol. The molecule has 0 spiro atoms. The Labute approximate surface area is 234 Å². The second-order valence-electron chi connectivity index (χ2n) is 9.40. The van der Waals surface area contributed by atoms with Crippen molar-refractivity contribution in [2.45, 2.75) is 9.49 Å². The number of hydrogen-bond acceptors (Lipinski definition) is 3. The van der Waals surface area contributed by atoms with E-state index in [0.29, 0.717) is 0 Å². The van der Waals surface area contributed by atoms with Crippen LogP contribution in [-0.4, -0.2) is 9.97 Å². The SMILES string of the molecule is c1ccc(C(SC(c2ccccc2)(c2ccccc2)c2ccncc2)(c2ccccc2)c2ccncc2)cc1. The highest BCUT2D eigenvalue weighted by Crippen LogP contribution is 2.61. The first-order valence-corrected chi connectivity index (χ1v) is 13.9. The molecule has 2 heterocycles. The van der Waals surface area contributed by atoms with Crippen molar-refractivity contribution >= 4 is 11.8 Å². The van der Waals surface area contributed by atoms with Crippen LogP contribution in [0.1, 0.15) is 33.4 Å². The fraction of sp³-hybridized carbons (Fsp3) is 0.0556. The van der Waals surface area contributed by atoms with Crippen LogP contribution in [0, 0.1) is 0 Å². The van der Waals surface area contributed by atoms with E-state index in [9.17, 15) is 0 Å². The Morgan fingerprint density at radius 3 is 0.795 bits per heavy atom. The van der Waals surface area contributed by atoms with Crippen LogP contribution in [0.25, 0.3) is 0 Å². The smallest absolute Gasteiger partial charge is 0.0923 e. The van der Waals surface area contributed by atoms with E-state index >= 15 is 0 Å². The predicted molar refractivity (Wildman–Crippen MR) is 162 cm³/mol. The number of nitrogens with zero attached hydrogens (tertiary/aromatic N) is 2. The van der Waals surface area contributed by atoms with E-state index < -0.39 is 9.49 Å². The second kappa shape index (κ2) is 11.1. The molecule has 0 N–H and O–H groups in total. The van der Waals surface area contributed by atoms with Gasteiger partial charge in [-0.05, 0) is 57.6 Å². The minimum absolute atomic E-state index is 0.569. The van der Waals surface area contributed by atoms with Gasteiger partial charge in [0.05, 0.1) is 9.49 Å². The van der Waals surface area contributed by atoms with Crippen molar-refractivity contribution in [3.8, 4) is 0 Å². The topological polar surface area (TPSA) is 25.8 Å². The number of benzene rings is 4. The summed E-state index contributed by atoms with van der Waals surface area (Å²) in [5, 5.41) is 0. The summed E-state index contributed by atoms with van der Waals surface area (Å²) in [4.78, 5) is 8.80. The molecule has 0 saturated heterocycles. The standard InChI is InChI=1S/C36H28N2S/c1-5-13-29(14-6-1)35(30-15-7-2-8-16-30,33-21-25-37-26-22-33)39-36(31-17-9-3-10-18-31,32-19-11-4-12-20-32)34-23-27-38-28-24-34/h1-28H. The maximum absolute atomic E-state index is 4.40. The lowest BCUT2D eigenvalue weighted by Gasteiger charge is -2.45. The van der Waals surface area contributed by atoms with Crippen LogP contribution in [0.15, 0.2) is 170 Å². The van der Waals surface area contributed by atoms with Crippen molar-refractivity contribution in [2.75, 3.05) is 0 Å². The van der Waals surface area contributed by atoms with Crippen molar-refractivity contribution in [3.05, 3.63) is 204 Å². The van der Waals surface area contributed by atoms with E-state index in [0.717, 1.165) is 0 Å². The van der Waals surface area contributed by atoms with Crippen LogP contribution in [0.4, 0.5) is 0 Å². The van der Waals surface area contributed by atoms with Gasteiger partial charge in [0, 0.05) is 24.8 Å². The molecule has 3 heteroatoms. The maximum atomic E-state index is 4.40. The Bertz CT molecular complexity index is 1270. The molecule has 2 aromatic heterocycles. The van der Waals surface area contributed by atoms with Gasteiger partial charge >= 0.3 is 0 Å². The summed E-state index contributed by atoms with van der Waals surface area (Å²) >= 11 is 1.95. The van der Waals surface area contributed by atoms with Gasteiger partial charge < -0.3 is 0 Å². The van der Waals surface area contributed by atoms with E-state index in [1.54, 1.807) is 0 Å². The molecule has 2 nitrogen and oxygen atoms in total. The van der Waals surface area contributed by atoms with Gasteiger partial charge in [-0.2, -0.15) is 0 Å². The Kier molecular flexibility index (Phi) is 7.07. The first-order chi connectivity index (χ1) is 19.3. The average Bonchev–Trinajstić information content (AvgIpc) is 3.04. The molecule has 39 heavy (non-hydrogen) atoms. The first kappa shape index (κ1) is 24.8. The summed E-state index contributed by atoms with van der Waals surface area (Å²) in [6.45, 7) is 0. The van der Waals surface area contributed by atoms with E-state index in [2.05, 4.69) is 156 Å². The van der Waals surface area contributed by atoms with Crippen LogP contribution >= 0.6 is 11.8 Å². The normalized spacial score (nSPS) is 11.7. The molecular formula is C36H28N2S. The highest BCUT2D eigenvalue weighted by Gasteiger charge is 2.48. The number of rotatable bonds is 8. The summed E-state index contributed by atoms with van der Waals surface area (Å²) < 4.78 is -1.14. The molecule has 0 aliphatic rings. The molecule has 0 aliphatic carbocycles. The van der Waals surface area contributed by atoms with Gasteiger partial charge in [0.1, 0.15) is 0 Å². The van der Waals surface area contributed by atoms with Gasteiger partial charge in [0.2, 0.25) is 0 Å². The Hall–Kier alpha value is -4.47. The highest BCUT2D eigenvalue weighted by atomic mass is 32.2. The zero-order valence-corrected chi connectivity index (χ0v) is 22.3. The number of hydrogen-bond donors (Lipinski definition) is 0. The van der Waals surface area contributed by atoms with E-state index in [1.807, 2.05) is 36.5 Å². The second-order valence-corrected chi connectivity index (χ2v) is 10.8. The quantitative estimate of drug-likeness (QED) is 0.201. The number of aromatic nitrogens is 2. The Morgan fingerprint density at radius 1 is 0.308 bits per heavy atom. The van der Waals surface area contributed by atoms with Crippen molar-refractivity contribution in [1.29, 1.82) is 0 Å². The monoisotopic (exact) mass is 520 g/mol. The third-order valence-corrected chi connectivity index (χ3v) is 9.23.